The summed E-state index contributed by atoms with van der Waals surface area (Å²) in [6.07, 6.45) is 4.83. The summed E-state index contributed by atoms with van der Waals surface area (Å²) in [6.45, 7) is 2.51. The summed E-state index contributed by atoms with van der Waals surface area (Å²) >= 11 is 0. The van der Waals surface area contributed by atoms with Gasteiger partial charge in [0.15, 0.2) is 0 Å². The first-order valence-electron chi connectivity index (χ1n) is 9.28. The van der Waals surface area contributed by atoms with Gasteiger partial charge in [0.1, 0.15) is 23.6 Å². The number of hydrogen-bond acceptors (Lipinski definition) is 8. The van der Waals surface area contributed by atoms with Crippen molar-refractivity contribution in [1.29, 1.82) is 0 Å². The molecule has 9 nitrogen and oxygen atoms in total. The lowest BCUT2D eigenvalue weighted by Crippen LogP contribution is -2.49. The first-order chi connectivity index (χ1) is 14.2. The molecule has 0 bridgehead atoms. The first kappa shape index (κ1) is 18.6. The molecule has 1 N–H and O–H groups in total. The number of amides is 1. The minimum absolute atomic E-state index is 0.121. The van der Waals surface area contributed by atoms with Crippen LogP contribution < -0.4 is 15.0 Å². The Bertz CT molecular complexity index is 975. The topological polar surface area (TPSA) is 96.4 Å². The zero-order valence-electron chi connectivity index (χ0n) is 16.0. The molecule has 0 aliphatic carbocycles. The van der Waals surface area contributed by atoms with E-state index in [1.165, 1.54) is 6.33 Å². The zero-order valence-corrected chi connectivity index (χ0v) is 16.0. The number of anilines is 3. The Morgan fingerprint density at radius 1 is 1.00 bits per heavy atom. The molecule has 2 aromatic heterocycles. The highest BCUT2D eigenvalue weighted by Crippen LogP contribution is 2.26. The molecule has 3 heterocycles. The van der Waals surface area contributed by atoms with Crippen molar-refractivity contribution >= 4 is 23.4 Å². The van der Waals surface area contributed by atoms with E-state index < -0.39 is 0 Å². The van der Waals surface area contributed by atoms with Crippen molar-refractivity contribution in [3.05, 3.63) is 60.8 Å². The molecule has 0 spiro atoms. The molecule has 9 heteroatoms. The van der Waals surface area contributed by atoms with Gasteiger partial charge in [-0.2, -0.15) is 0 Å². The van der Waals surface area contributed by atoms with E-state index in [1.54, 1.807) is 36.5 Å². The van der Waals surface area contributed by atoms with E-state index in [0.717, 1.165) is 5.69 Å². The normalized spacial score (nSPS) is 13.8. The minimum Gasteiger partial charge on any atom is -0.495 e. The summed E-state index contributed by atoms with van der Waals surface area (Å²) in [5, 5.41) is 3.18. The molecule has 1 amide bonds. The van der Waals surface area contributed by atoms with Crippen LogP contribution in [0.15, 0.2) is 55.1 Å². The summed E-state index contributed by atoms with van der Waals surface area (Å²) in [5.74, 6) is 1.79. The maximum atomic E-state index is 12.9. The molecule has 148 valence electrons. The minimum atomic E-state index is -0.121. The van der Waals surface area contributed by atoms with Crippen molar-refractivity contribution in [3.63, 3.8) is 0 Å². The third-order valence-corrected chi connectivity index (χ3v) is 4.66. The second kappa shape index (κ2) is 8.51. The lowest BCUT2D eigenvalue weighted by atomic mass is 10.2. The molecule has 0 radical (unpaired) electrons. The number of methoxy groups -OCH3 is 1. The van der Waals surface area contributed by atoms with Crippen LogP contribution in [0.4, 0.5) is 17.5 Å². The van der Waals surface area contributed by atoms with Gasteiger partial charge in [0.2, 0.25) is 5.95 Å². The van der Waals surface area contributed by atoms with Crippen molar-refractivity contribution in [1.82, 2.24) is 24.8 Å². The van der Waals surface area contributed by atoms with E-state index in [0.29, 0.717) is 49.4 Å². The molecule has 29 heavy (non-hydrogen) atoms. The highest BCUT2D eigenvalue weighted by molar-refractivity contribution is 5.93. The SMILES string of the molecule is COc1ccccc1Nc1cc(C(=O)N2CCN(c3ncccn3)CC2)ncn1. The molecule has 0 saturated carbocycles. The molecule has 1 aromatic carbocycles. The summed E-state index contributed by atoms with van der Waals surface area (Å²) in [5.41, 5.74) is 1.12. The fourth-order valence-corrected chi connectivity index (χ4v) is 3.15. The van der Waals surface area contributed by atoms with Gasteiger partial charge in [0.25, 0.3) is 5.91 Å². The average molecular weight is 391 g/mol. The van der Waals surface area contributed by atoms with Gasteiger partial charge in [-0.25, -0.2) is 19.9 Å². The van der Waals surface area contributed by atoms with Crippen molar-refractivity contribution in [2.45, 2.75) is 0 Å². The first-order valence-corrected chi connectivity index (χ1v) is 9.28. The molecule has 4 rings (SSSR count). The van der Waals surface area contributed by atoms with Crippen LogP contribution in [-0.4, -0.2) is 64.0 Å². The third-order valence-electron chi connectivity index (χ3n) is 4.66. The van der Waals surface area contributed by atoms with Crippen LogP contribution in [0.3, 0.4) is 0 Å². The lowest BCUT2D eigenvalue weighted by molar-refractivity contribution is 0.0740. The van der Waals surface area contributed by atoms with Gasteiger partial charge in [-0.1, -0.05) is 12.1 Å². The number of para-hydroxylation sites is 2. The molecule has 1 aliphatic heterocycles. The number of nitrogens with zero attached hydrogens (tertiary/aromatic N) is 6. The van der Waals surface area contributed by atoms with Gasteiger partial charge in [0, 0.05) is 44.6 Å². The van der Waals surface area contributed by atoms with Crippen molar-refractivity contribution in [3.8, 4) is 5.75 Å². The maximum absolute atomic E-state index is 12.9. The Morgan fingerprint density at radius 3 is 2.52 bits per heavy atom. The van der Waals surface area contributed by atoms with Crippen LogP contribution >= 0.6 is 0 Å². The van der Waals surface area contributed by atoms with Crippen LogP contribution in [0.25, 0.3) is 0 Å². The summed E-state index contributed by atoms with van der Waals surface area (Å²) in [6, 6.07) is 11.0. The Morgan fingerprint density at radius 2 is 1.76 bits per heavy atom. The Hall–Kier alpha value is -3.75. The predicted molar refractivity (Wildman–Crippen MR) is 108 cm³/mol. The van der Waals surface area contributed by atoms with Crippen LogP contribution in [0.2, 0.25) is 0 Å². The quantitative estimate of drug-likeness (QED) is 0.705. The Labute approximate surface area is 168 Å². The predicted octanol–water partition coefficient (Wildman–Crippen LogP) is 1.98. The van der Waals surface area contributed by atoms with Gasteiger partial charge < -0.3 is 19.9 Å². The van der Waals surface area contributed by atoms with Gasteiger partial charge >= 0.3 is 0 Å². The smallest absolute Gasteiger partial charge is 0.272 e. The van der Waals surface area contributed by atoms with E-state index in [9.17, 15) is 4.79 Å². The summed E-state index contributed by atoms with van der Waals surface area (Å²) in [7, 11) is 1.61. The van der Waals surface area contributed by atoms with Crippen LogP contribution in [0.5, 0.6) is 5.75 Å². The number of carbonyl (C=O) groups is 1. The number of carbonyl (C=O) groups excluding carboxylic acids is 1. The van der Waals surface area contributed by atoms with Crippen molar-refractivity contribution in [2.24, 2.45) is 0 Å². The van der Waals surface area contributed by atoms with Gasteiger partial charge in [0.05, 0.1) is 12.8 Å². The number of hydrogen-bond donors (Lipinski definition) is 1. The number of ether oxygens (including phenoxy) is 1. The van der Waals surface area contributed by atoms with E-state index in [-0.39, 0.29) is 5.91 Å². The number of piperazine rings is 1. The van der Waals surface area contributed by atoms with E-state index in [4.69, 9.17) is 4.74 Å². The second-order valence-corrected chi connectivity index (χ2v) is 6.44. The summed E-state index contributed by atoms with van der Waals surface area (Å²) in [4.78, 5) is 33.7. The molecule has 1 fully saturated rings. The number of nitrogens with one attached hydrogen (secondary N) is 1. The number of rotatable bonds is 5. The maximum Gasteiger partial charge on any atom is 0.272 e. The Balaban J connectivity index is 1.43. The molecular weight excluding hydrogens is 370 g/mol. The monoisotopic (exact) mass is 391 g/mol. The number of benzene rings is 1. The average Bonchev–Trinajstić information content (AvgIpc) is 2.80. The van der Waals surface area contributed by atoms with Gasteiger partial charge in [-0.3, -0.25) is 4.79 Å². The van der Waals surface area contributed by atoms with Gasteiger partial charge in [-0.15, -0.1) is 0 Å². The second-order valence-electron chi connectivity index (χ2n) is 6.44. The lowest BCUT2D eigenvalue weighted by Gasteiger charge is -2.34. The fraction of sp³-hybridized carbons (Fsp3) is 0.250. The zero-order chi connectivity index (χ0) is 20.1. The largest absolute Gasteiger partial charge is 0.495 e. The standard InChI is InChI=1S/C20H21N7O2/c1-29-17-6-3-2-5-15(17)25-18-13-16(23-14-24-18)19(28)26-9-11-27(12-10-26)20-21-7-4-8-22-20/h2-8,13-14H,9-12H2,1H3,(H,23,24,25). The van der Waals surface area contributed by atoms with E-state index >= 15 is 0 Å². The third kappa shape index (κ3) is 4.23. The number of aromatic nitrogens is 4. The van der Waals surface area contributed by atoms with Crippen molar-refractivity contribution in [2.75, 3.05) is 43.5 Å². The van der Waals surface area contributed by atoms with Gasteiger partial charge in [-0.05, 0) is 18.2 Å². The summed E-state index contributed by atoms with van der Waals surface area (Å²) < 4.78 is 5.34. The highest BCUT2D eigenvalue weighted by Gasteiger charge is 2.24. The fourth-order valence-electron chi connectivity index (χ4n) is 3.15. The molecule has 1 aliphatic rings. The van der Waals surface area contributed by atoms with Crippen LogP contribution in [0, 0.1) is 0 Å². The molecular formula is C20H21N7O2. The van der Waals surface area contributed by atoms with Crippen molar-refractivity contribution < 1.29 is 9.53 Å². The molecule has 3 aromatic rings. The van der Waals surface area contributed by atoms with Crippen LogP contribution in [-0.2, 0) is 0 Å². The van der Waals surface area contributed by atoms with Crippen LogP contribution in [0.1, 0.15) is 10.5 Å². The molecule has 0 unspecified atom stereocenters. The van der Waals surface area contributed by atoms with E-state index in [2.05, 4.69) is 30.2 Å². The molecule has 1 saturated heterocycles. The Kier molecular flexibility index (Phi) is 5.46. The molecule has 0 atom stereocenters. The van der Waals surface area contributed by atoms with E-state index in [1.807, 2.05) is 24.3 Å². The highest BCUT2D eigenvalue weighted by atomic mass is 16.5.